The molecule has 0 aliphatic rings. The number of fused-ring (bicyclic) bond motifs is 1. The molecule has 0 saturated carbocycles. The van der Waals surface area contributed by atoms with Gasteiger partial charge in [-0.1, -0.05) is 0 Å². The van der Waals surface area contributed by atoms with Gasteiger partial charge in [0.25, 0.3) is 0 Å². The van der Waals surface area contributed by atoms with Gasteiger partial charge in [-0.2, -0.15) is 5.26 Å². The predicted molar refractivity (Wildman–Crippen MR) is 57.5 cm³/mol. The molecule has 0 aliphatic carbocycles. The van der Waals surface area contributed by atoms with Gasteiger partial charge in [-0.3, -0.25) is 0 Å². The lowest BCUT2D eigenvalue weighted by Crippen LogP contribution is -1.88. The van der Waals surface area contributed by atoms with Crippen molar-refractivity contribution in [3.63, 3.8) is 0 Å². The molecule has 0 aliphatic heterocycles. The summed E-state index contributed by atoms with van der Waals surface area (Å²) in [6, 6.07) is 5.84. The molecule has 14 heavy (non-hydrogen) atoms. The molecule has 2 aromatic rings. The van der Waals surface area contributed by atoms with E-state index in [1.165, 1.54) is 0 Å². The molecule has 0 spiro atoms. The molecule has 1 aromatic carbocycles. The number of aromatic hydroxyl groups is 1. The largest absolute Gasteiger partial charge is 0.508 e. The van der Waals surface area contributed by atoms with Crippen LogP contribution in [0.2, 0.25) is 0 Å². The van der Waals surface area contributed by atoms with Crippen LogP contribution in [0.5, 0.6) is 5.75 Å². The predicted octanol–water partition coefficient (Wildman–Crippen LogP) is 2.98. The summed E-state index contributed by atoms with van der Waals surface area (Å²) >= 11 is 1.61. The maximum absolute atomic E-state index is 9.64. The Labute approximate surface area is 86.0 Å². The van der Waals surface area contributed by atoms with Crippen LogP contribution in [0.3, 0.4) is 0 Å². The first-order valence-corrected chi connectivity index (χ1v) is 5.17. The first-order valence-electron chi connectivity index (χ1n) is 4.29. The van der Waals surface area contributed by atoms with Crippen molar-refractivity contribution in [1.82, 2.24) is 0 Å². The molecule has 1 N–H and O–H groups in total. The van der Waals surface area contributed by atoms with Crippen LogP contribution in [0.4, 0.5) is 0 Å². The Morgan fingerprint density at radius 2 is 2.36 bits per heavy atom. The van der Waals surface area contributed by atoms with Crippen molar-refractivity contribution in [2.45, 2.75) is 13.3 Å². The van der Waals surface area contributed by atoms with Crippen molar-refractivity contribution in [2.75, 3.05) is 0 Å². The van der Waals surface area contributed by atoms with Gasteiger partial charge in [-0.05, 0) is 40.9 Å². The zero-order valence-electron chi connectivity index (χ0n) is 7.74. The lowest BCUT2D eigenvalue weighted by molar-refractivity contribution is 0.471. The number of phenols is 1. The van der Waals surface area contributed by atoms with E-state index >= 15 is 0 Å². The Bertz CT molecular complexity index is 522. The SMILES string of the molecule is Cc1c(O)cc2ccsc2c1CC#N. The molecule has 0 atom stereocenters. The Morgan fingerprint density at radius 1 is 1.57 bits per heavy atom. The molecule has 2 nitrogen and oxygen atoms in total. The fourth-order valence-electron chi connectivity index (χ4n) is 1.55. The van der Waals surface area contributed by atoms with Crippen molar-refractivity contribution in [2.24, 2.45) is 0 Å². The fraction of sp³-hybridized carbons (Fsp3) is 0.182. The number of nitriles is 1. The van der Waals surface area contributed by atoms with Crippen LogP contribution in [0.25, 0.3) is 10.1 Å². The molecule has 2 rings (SSSR count). The van der Waals surface area contributed by atoms with E-state index in [1.807, 2.05) is 18.4 Å². The summed E-state index contributed by atoms with van der Waals surface area (Å²) in [5, 5.41) is 21.3. The number of phenolic OH excluding ortho intramolecular Hbond substituents is 1. The van der Waals surface area contributed by atoms with Crippen molar-refractivity contribution in [3.05, 3.63) is 28.6 Å². The van der Waals surface area contributed by atoms with Crippen LogP contribution in [-0.4, -0.2) is 5.11 Å². The van der Waals surface area contributed by atoms with Gasteiger partial charge in [0.05, 0.1) is 12.5 Å². The molecule has 3 heteroatoms. The first kappa shape index (κ1) is 9.04. The van der Waals surface area contributed by atoms with E-state index in [0.29, 0.717) is 6.42 Å². The molecule has 70 valence electrons. The highest BCUT2D eigenvalue weighted by molar-refractivity contribution is 7.17. The van der Waals surface area contributed by atoms with E-state index in [4.69, 9.17) is 5.26 Å². The number of hydrogen-bond donors (Lipinski definition) is 1. The Morgan fingerprint density at radius 3 is 3.07 bits per heavy atom. The minimum absolute atomic E-state index is 0.279. The van der Waals surface area contributed by atoms with Gasteiger partial charge in [-0.15, -0.1) is 11.3 Å². The Balaban J connectivity index is 2.81. The molecular weight excluding hydrogens is 194 g/mol. The van der Waals surface area contributed by atoms with Gasteiger partial charge in [-0.25, -0.2) is 0 Å². The van der Waals surface area contributed by atoms with E-state index in [1.54, 1.807) is 17.4 Å². The maximum Gasteiger partial charge on any atom is 0.119 e. The molecule has 0 saturated heterocycles. The van der Waals surface area contributed by atoms with Gasteiger partial charge in [0, 0.05) is 4.70 Å². The zero-order valence-corrected chi connectivity index (χ0v) is 8.56. The normalized spacial score (nSPS) is 10.3. The Hall–Kier alpha value is -1.53. The van der Waals surface area contributed by atoms with Gasteiger partial charge >= 0.3 is 0 Å². The molecule has 0 unspecified atom stereocenters. The fourth-order valence-corrected chi connectivity index (χ4v) is 2.53. The van der Waals surface area contributed by atoms with E-state index in [9.17, 15) is 5.11 Å². The van der Waals surface area contributed by atoms with E-state index in [2.05, 4.69) is 6.07 Å². The quantitative estimate of drug-likeness (QED) is 0.774. The highest BCUT2D eigenvalue weighted by Gasteiger charge is 2.09. The molecular formula is C11H9NOS. The van der Waals surface area contributed by atoms with Gasteiger partial charge in [0.2, 0.25) is 0 Å². The number of benzene rings is 1. The van der Waals surface area contributed by atoms with E-state index < -0.39 is 0 Å². The van der Waals surface area contributed by atoms with Crippen molar-refractivity contribution >= 4 is 21.4 Å². The minimum atomic E-state index is 0.279. The number of rotatable bonds is 1. The van der Waals surface area contributed by atoms with Gasteiger partial charge < -0.3 is 5.11 Å². The average Bonchev–Trinajstić information content (AvgIpc) is 2.60. The van der Waals surface area contributed by atoms with Crippen LogP contribution in [0.15, 0.2) is 17.5 Å². The average molecular weight is 203 g/mol. The van der Waals surface area contributed by atoms with Gasteiger partial charge in [0.15, 0.2) is 0 Å². The summed E-state index contributed by atoms with van der Waals surface area (Å²) in [5.74, 6) is 0.279. The Kier molecular flexibility index (Phi) is 2.14. The van der Waals surface area contributed by atoms with Crippen molar-refractivity contribution in [1.29, 1.82) is 5.26 Å². The van der Waals surface area contributed by atoms with Crippen LogP contribution < -0.4 is 0 Å². The maximum atomic E-state index is 9.64. The first-order chi connectivity index (χ1) is 6.74. The smallest absolute Gasteiger partial charge is 0.119 e. The number of thiophene rings is 1. The minimum Gasteiger partial charge on any atom is -0.508 e. The molecule has 1 aromatic heterocycles. The summed E-state index contributed by atoms with van der Waals surface area (Å²) in [4.78, 5) is 0. The van der Waals surface area contributed by atoms with Crippen LogP contribution in [0, 0.1) is 18.3 Å². The van der Waals surface area contributed by atoms with Crippen LogP contribution in [-0.2, 0) is 6.42 Å². The highest BCUT2D eigenvalue weighted by atomic mass is 32.1. The molecule has 1 heterocycles. The molecule has 0 bridgehead atoms. The van der Waals surface area contributed by atoms with E-state index in [-0.39, 0.29) is 5.75 Å². The number of hydrogen-bond acceptors (Lipinski definition) is 3. The summed E-state index contributed by atoms with van der Waals surface area (Å²) < 4.78 is 1.11. The summed E-state index contributed by atoms with van der Waals surface area (Å²) in [6.07, 6.45) is 0.358. The lowest BCUT2D eigenvalue weighted by Gasteiger charge is -2.05. The third-order valence-electron chi connectivity index (χ3n) is 2.35. The summed E-state index contributed by atoms with van der Waals surface area (Å²) in [6.45, 7) is 1.85. The van der Waals surface area contributed by atoms with Gasteiger partial charge in [0.1, 0.15) is 5.75 Å². The molecule has 0 radical (unpaired) electrons. The van der Waals surface area contributed by atoms with Crippen LogP contribution >= 0.6 is 11.3 Å². The second-order valence-corrected chi connectivity index (χ2v) is 4.09. The van der Waals surface area contributed by atoms with Crippen molar-refractivity contribution < 1.29 is 5.11 Å². The molecule has 0 amide bonds. The molecule has 0 fully saturated rings. The topological polar surface area (TPSA) is 44.0 Å². The second-order valence-electron chi connectivity index (χ2n) is 3.17. The monoisotopic (exact) mass is 203 g/mol. The second kappa shape index (κ2) is 3.32. The van der Waals surface area contributed by atoms with Crippen molar-refractivity contribution in [3.8, 4) is 11.8 Å². The lowest BCUT2D eigenvalue weighted by atomic mass is 10.0. The number of nitrogens with zero attached hydrogens (tertiary/aromatic N) is 1. The highest BCUT2D eigenvalue weighted by Crippen LogP contribution is 2.33. The van der Waals surface area contributed by atoms with E-state index in [0.717, 1.165) is 21.2 Å². The zero-order chi connectivity index (χ0) is 10.1. The summed E-state index contributed by atoms with van der Waals surface area (Å²) in [5.41, 5.74) is 1.78. The third-order valence-corrected chi connectivity index (χ3v) is 3.34. The third kappa shape index (κ3) is 1.24. The standard InChI is InChI=1S/C11H9NOS/c1-7-9(2-4-12)11-8(3-5-14-11)6-10(7)13/h3,5-6,13H,2H2,1H3. The van der Waals surface area contributed by atoms with Crippen LogP contribution in [0.1, 0.15) is 11.1 Å². The summed E-state index contributed by atoms with van der Waals surface area (Å²) in [7, 11) is 0.